The second-order valence-corrected chi connectivity index (χ2v) is 7.64. The molecule has 2 aromatic carbocycles. The van der Waals surface area contributed by atoms with E-state index in [1.807, 2.05) is 6.92 Å². The van der Waals surface area contributed by atoms with Gasteiger partial charge in [-0.25, -0.2) is 4.39 Å². The molecular weight excluding hydrogens is 445 g/mol. The van der Waals surface area contributed by atoms with Crippen LogP contribution in [0.5, 0.6) is 5.75 Å². The van der Waals surface area contributed by atoms with Gasteiger partial charge in [0.15, 0.2) is 0 Å². The molecule has 0 bridgehead atoms. The average molecular weight is 468 g/mol. The number of likely N-dealkylation sites (N-methyl/N-ethyl adjacent to an activating group) is 1. The Hall–Kier alpha value is -3.83. The van der Waals surface area contributed by atoms with Gasteiger partial charge in [0.05, 0.1) is 39.8 Å². The third-order valence-electron chi connectivity index (χ3n) is 4.81. The molecule has 0 aliphatic rings. The predicted octanol–water partition coefficient (Wildman–Crippen LogP) is 5.45. The van der Waals surface area contributed by atoms with Gasteiger partial charge in [0, 0.05) is 37.4 Å². The highest BCUT2D eigenvalue weighted by Crippen LogP contribution is 2.36. The Morgan fingerprint density at radius 2 is 2.09 bits per heavy atom. The van der Waals surface area contributed by atoms with Crippen LogP contribution in [0.4, 0.5) is 21.5 Å². The number of anilines is 3. The van der Waals surface area contributed by atoms with E-state index in [0.717, 1.165) is 0 Å². The van der Waals surface area contributed by atoms with Crippen LogP contribution in [0.15, 0.2) is 48.3 Å². The Kier molecular flexibility index (Phi) is 7.36. The van der Waals surface area contributed by atoms with Gasteiger partial charge >= 0.3 is 0 Å². The van der Waals surface area contributed by atoms with Crippen LogP contribution in [0.25, 0.3) is 10.9 Å². The number of nitrogens with one attached hydrogen (secondary N) is 2. The van der Waals surface area contributed by atoms with Gasteiger partial charge in [-0.05, 0) is 38.1 Å². The lowest BCUT2D eigenvalue weighted by molar-refractivity contribution is -0.114. The van der Waals surface area contributed by atoms with Crippen LogP contribution in [0.3, 0.4) is 0 Å². The second-order valence-electron chi connectivity index (χ2n) is 7.23. The molecule has 0 spiro atoms. The molecule has 0 atom stereocenters. The van der Waals surface area contributed by atoms with E-state index >= 15 is 0 Å². The van der Waals surface area contributed by atoms with Crippen molar-refractivity contribution in [3.8, 4) is 11.8 Å². The number of nitriles is 1. The van der Waals surface area contributed by atoms with Gasteiger partial charge in [-0.1, -0.05) is 17.7 Å². The number of aromatic nitrogens is 1. The smallest absolute Gasteiger partial charge is 0.271 e. The Balaban J connectivity index is 2.16. The molecule has 3 rings (SSSR count). The summed E-state index contributed by atoms with van der Waals surface area (Å²) >= 11 is 5.91. The minimum absolute atomic E-state index is 0.0500. The fourth-order valence-electron chi connectivity index (χ4n) is 3.31. The van der Waals surface area contributed by atoms with E-state index in [4.69, 9.17) is 16.3 Å². The first kappa shape index (κ1) is 23.8. The fourth-order valence-corrected chi connectivity index (χ4v) is 3.49. The van der Waals surface area contributed by atoms with Gasteiger partial charge in [0.2, 0.25) is 0 Å². The van der Waals surface area contributed by atoms with E-state index in [9.17, 15) is 14.4 Å². The largest absolute Gasteiger partial charge is 0.492 e. The van der Waals surface area contributed by atoms with Crippen molar-refractivity contribution in [1.29, 1.82) is 5.26 Å². The number of carbonyl (C=O) groups is 1. The van der Waals surface area contributed by atoms with Crippen LogP contribution < -0.4 is 15.4 Å². The maximum atomic E-state index is 13.6. The van der Waals surface area contributed by atoms with Crippen molar-refractivity contribution in [3.63, 3.8) is 0 Å². The first-order valence-electron chi connectivity index (χ1n) is 10.2. The zero-order valence-electron chi connectivity index (χ0n) is 18.7. The van der Waals surface area contributed by atoms with E-state index < -0.39 is 5.82 Å². The highest BCUT2D eigenvalue weighted by Gasteiger charge is 2.18. The molecule has 0 aliphatic carbocycles. The molecule has 7 nitrogen and oxygen atoms in total. The number of nitrogens with zero attached hydrogens (tertiary/aromatic N) is 3. The number of hydrogen-bond acceptors (Lipinski definition) is 6. The number of allylic oxidation sites excluding steroid dienone is 1. The van der Waals surface area contributed by atoms with Crippen LogP contribution in [0.1, 0.15) is 19.4 Å². The van der Waals surface area contributed by atoms with Crippen LogP contribution in [0, 0.1) is 17.1 Å². The number of carbonyl (C=O) groups excluding carboxylic acids is 1. The first-order valence-corrected chi connectivity index (χ1v) is 10.5. The van der Waals surface area contributed by atoms with Crippen molar-refractivity contribution in [3.05, 3.63) is 64.7 Å². The Labute approximate surface area is 196 Å². The summed E-state index contributed by atoms with van der Waals surface area (Å²) in [5.74, 6) is -0.415. The maximum Gasteiger partial charge on any atom is 0.271 e. The zero-order chi connectivity index (χ0) is 24.1. The predicted molar refractivity (Wildman–Crippen MR) is 128 cm³/mol. The van der Waals surface area contributed by atoms with E-state index in [1.165, 1.54) is 24.4 Å². The van der Waals surface area contributed by atoms with Crippen molar-refractivity contribution in [2.75, 3.05) is 31.3 Å². The van der Waals surface area contributed by atoms with Gasteiger partial charge in [0.1, 0.15) is 17.6 Å². The number of hydrogen-bond donors (Lipinski definition) is 2. The lowest BCUT2D eigenvalue weighted by atomic mass is 10.1. The highest BCUT2D eigenvalue weighted by atomic mass is 35.5. The Morgan fingerprint density at radius 1 is 1.33 bits per heavy atom. The van der Waals surface area contributed by atoms with Gasteiger partial charge in [-0.3, -0.25) is 9.78 Å². The van der Waals surface area contributed by atoms with Crippen LogP contribution >= 0.6 is 11.6 Å². The SMILES string of the molecule is CC=C(C(=O)Nc1cc2c(Nc3ccc(F)c(Cl)c3)c(C#N)cnc2cc1OCC)N(C)C. The summed E-state index contributed by atoms with van der Waals surface area (Å²) in [6.45, 7) is 4.00. The van der Waals surface area contributed by atoms with Crippen LogP contribution in [-0.2, 0) is 4.79 Å². The molecule has 0 unspecified atom stereocenters. The topological polar surface area (TPSA) is 90.3 Å². The molecule has 9 heteroatoms. The van der Waals surface area contributed by atoms with E-state index in [-0.39, 0.29) is 16.5 Å². The minimum atomic E-state index is -0.547. The van der Waals surface area contributed by atoms with E-state index in [1.54, 1.807) is 44.1 Å². The first-order chi connectivity index (χ1) is 15.8. The summed E-state index contributed by atoms with van der Waals surface area (Å²) in [6, 6.07) is 9.68. The summed E-state index contributed by atoms with van der Waals surface area (Å²) in [7, 11) is 3.55. The third-order valence-corrected chi connectivity index (χ3v) is 5.10. The molecule has 0 saturated carbocycles. The molecule has 1 amide bonds. The Morgan fingerprint density at radius 3 is 2.70 bits per heavy atom. The molecule has 0 saturated heterocycles. The molecule has 1 heterocycles. The number of amides is 1. The molecule has 170 valence electrons. The van der Waals surface area contributed by atoms with Crippen molar-refractivity contribution < 1.29 is 13.9 Å². The summed E-state index contributed by atoms with van der Waals surface area (Å²) in [5.41, 5.74) is 2.65. The average Bonchev–Trinajstić information content (AvgIpc) is 2.77. The molecule has 33 heavy (non-hydrogen) atoms. The maximum absolute atomic E-state index is 13.6. The number of benzene rings is 2. The zero-order valence-corrected chi connectivity index (χ0v) is 19.4. The quantitative estimate of drug-likeness (QED) is 0.449. The van der Waals surface area contributed by atoms with Gasteiger partial charge < -0.3 is 20.3 Å². The fraction of sp³-hybridized carbons (Fsp3) is 0.208. The van der Waals surface area contributed by atoms with Crippen molar-refractivity contribution in [1.82, 2.24) is 9.88 Å². The Bertz CT molecular complexity index is 1280. The van der Waals surface area contributed by atoms with Gasteiger partial charge in [-0.15, -0.1) is 0 Å². The number of rotatable bonds is 7. The molecular formula is C24H23ClFN5O2. The standard InChI is InChI=1S/C24H23ClFN5O2/c1-5-21(31(3)4)24(32)30-20-10-16-19(11-22(20)33-6-2)28-13-14(12-27)23(16)29-15-7-8-18(26)17(25)9-15/h5,7-11,13H,6H2,1-4H3,(H,28,29)(H,30,32). The number of ether oxygens (including phenoxy) is 1. The van der Waals surface area contributed by atoms with Gasteiger partial charge in [-0.2, -0.15) is 5.26 Å². The molecule has 2 N–H and O–H groups in total. The second kappa shape index (κ2) is 10.2. The summed E-state index contributed by atoms with van der Waals surface area (Å²) in [5, 5.41) is 16.2. The van der Waals surface area contributed by atoms with Crippen LogP contribution in [-0.4, -0.2) is 36.5 Å². The molecule has 0 radical (unpaired) electrons. The summed E-state index contributed by atoms with van der Waals surface area (Å²) in [6.07, 6.45) is 3.14. The molecule has 3 aromatic rings. The van der Waals surface area contributed by atoms with Crippen molar-refractivity contribution >= 4 is 45.5 Å². The van der Waals surface area contributed by atoms with Crippen molar-refractivity contribution in [2.45, 2.75) is 13.8 Å². The monoisotopic (exact) mass is 467 g/mol. The lowest BCUT2D eigenvalue weighted by Gasteiger charge is -2.19. The highest BCUT2D eigenvalue weighted by molar-refractivity contribution is 6.31. The summed E-state index contributed by atoms with van der Waals surface area (Å²) in [4.78, 5) is 18.9. The van der Waals surface area contributed by atoms with Crippen LogP contribution in [0.2, 0.25) is 5.02 Å². The lowest BCUT2D eigenvalue weighted by Crippen LogP contribution is -2.25. The third kappa shape index (κ3) is 5.16. The number of halogens is 2. The van der Waals surface area contributed by atoms with E-state index in [2.05, 4.69) is 21.7 Å². The number of fused-ring (bicyclic) bond motifs is 1. The molecule has 0 aliphatic heterocycles. The van der Waals surface area contributed by atoms with Gasteiger partial charge in [0.25, 0.3) is 5.91 Å². The summed E-state index contributed by atoms with van der Waals surface area (Å²) < 4.78 is 19.3. The normalized spacial score (nSPS) is 11.1. The molecule has 1 aromatic heterocycles. The molecule has 0 fully saturated rings. The number of pyridine rings is 1. The van der Waals surface area contributed by atoms with Crippen molar-refractivity contribution in [2.24, 2.45) is 0 Å². The van der Waals surface area contributed by atoms with E-state index in [0.29, 0.717) is 46.0 Å². The minimum Gasteiger partial charge on any atom is -0.492 e.